The van der Waals surface area contributed by atoms with Crippen LogP contribution in [0.1, 0.15) is 15.9 Å². The van der Waals surface area contributed by atoms with E-state index < -0.39 is 10.0 Å². The molecule has 0 saturated heterocycles. The summed E-state index contributed by atoms with van der Waals surface area (Å²) >= 11 is 0. The van der Waals surface area contributed by atoms with Crippen LogP contribution in [0.3, 0.4) is 0 Å². The molecule has 3 aromatic carbocycles. The van der Waals surface area contributed by atoms with Gasteiger partial charge >= 0.3 is 0 Å². The zero-order valence-electron chi connectivity index (χ0n) is 16.6. The minimum Gasteiger partial charge on any atom is -0.486 e. The number of hydrogen-bond acceptors (Lipinski definition) is 5. The number of amides is 1. The Hall–Kier alpha value is -3.52. The number of anilines is 2. The highest BCUT2D eigenvalue weighted by molar-refractivity contribution is 7.92. The topological polar surface area (TPSA) is 84.9 Å². The fraction of sp³-hybridized carbons (Fsp3) is 0.174. The Kier molecular flexibility index (Phi) is 4.78. The lowest BCUT2D eigenvalue weighted by atomic mass is 10.1. The monoisotopic (exact) mass is 436 g/mol. The Morgan fingerprint density at radius 2 is 1.68 bits per heavy atom. The molecule has 0 aromatic heterocycles. The van der Waals surface area contributed by atoms with Crippen LogP contribution in [0, 0.1) is 0 Å². The van der Waals surface area contributed by atoms with Crippen LogP contribution in [0.4, 0.5) is 11.4 Å². The predicted molar refractivity (Wildman–Crippen MR) is 117 cm³/mol. The summed E-state index contributed by atoms with van der Waals surface area (Å²) in [6, 6.07) is 18.8. The van der Waals surface area contributed by atoms with Crippen LogP contribution in [0.5, 0.6) is 11.5 Å². The van der Waals surface area contributed by atoms with E-state index in [2.05, 4.69) is 4.72 Å². The zero-order valence-corrected chi connectivity index (χ0v) is 17.4. The van der Waals surface area contributed by atoms with Crippen molar-refractivity contribution in [3.63, 3.8) is 0 Å². The van der Waals surface area contributed by atoms with Gasteiger partial charge in [0.2, 0.25) is 0 Å². The first kappa shape index (κ1) is 19.4. The summed E-state index contributed by atoms with van der Waals surface area (Å²) in [7, 11) is -3.80. The number of nitrogens with one attached hydrogen (secondary N) is 1. The van der Waals surface area contributed by atoms with Crippen molar-refractivity contribution in [3.8, 4) is 11.5 Å². The second-order valence-corrected chi connectivity index (χ2v) is 9.01. The molecule has 0 aliphatic carbocycles. The second kappa shape index (κ2) is 7.63. The Bertz CT molecular complexity index is 1260. The summed E-state index contributed by atoms with van der Waals surface area (Å²) in [6.07, 6.45) is 0.599. The number of carbonyl (C=O) groups excluding carboxylic acids is 1. The van der Waals surface area contributed by atoms with Crippen LogP contribution in [0.15, 0.2) is 71.6 Å². The predicted octanol–water partition coefficient (Wildman–Crippen LogP) is 3.46. The molecule has 7 nitrogen and oxygen atoms in total. The van der Waals surface area contributed by atoms with Crippen LogP contribution in [-0.4, -0.2) is 34.1 Å². The minimum atomic E-state index is -3.80. The molecule has 0 atom stereocenters. The highest BCUT2D eigenvalue weighted by Crippen LogP contribution is 2.35. The first-order chi connectivity index (χ1) is 15.0. The van der Waals surface area contributed by atoms with Crippen molar-refractivity contribution in [2.75, 3.05) is 29.4 Å². The lowest BCUT2D eigenvalue weighted by Crippen LogP contribution is -2.28. The number of hydrogen-bond donors (Lipinski definition) is 1. The highest BCUT2D eigenvalue weighted by Gasteiger charge is 2.27. The van der Waals surface area contributed by atoms with Gasteiger partial charge in [0, 0.05) is 23.9 Å². The van der Waals surface area contributed by atoms with Gasteiger partial charge in [0.15, 0.2) is 11.5 Å². The van der Waals surface area contributed by atoms with Gasteiger partial charge in [-0.2, -0.15) is 0 Å². The molecule has 1 amide bonds. The third-order valence-corrected chi connectivity index (χ3v) is 6.70. The molecule has 0 spiro atoms. The van der Waals surface area contributed by atoms with Gasteiger partial charge in [-0.05, 0) is 54.4 Å². The molecule has 158 valence electrons. The number of benzene rings is 3. The SMILES string of the molecule is O=C(c1ccccc1)N1CCc2cc(S(=O)(=O)Nc3ccc4c(c3)OCCO4)ccc21. The lowest BCUT2D eigenvalue weighted by Gasteiger charge is -2.19. The fourth-order valence-electron chi connectivity index (χ4n) is 3.81. The third-order valence-electron chi connectivity index (χ3n) is 5.32. The summed E-state index contributed by atoms with van der Waals surface area (Å²) in [5.74, 6) is 1.01. The quantitative estimate of drug-likeness (QED) is 0.677. The number of rotatable bonds is 4. The minimum absolute atomic E-state index is 0.0932. The van der Waals surface area contributed by atoms with E-state index in [0.29, 0.717) is 48.9 Å². The molecule has 0 radical (unpaired) electrons. The van der Waals surface area contributed by atoms with Crippen molar-refractivity contribution in [2.24, 2.45) is 0 Å². The highest BCUT2D eigenvalue weighted by atomic mass is 32.2. The number of sulfonamides is 1. The van der Waals surface area contributed by atoms with Gasteiger partial charge in [0.05, 0.1) is 10.6 Å². The van der Waals surface area contributed by atoms with Crippen molar-refractivity contribution in [1.82, 2.24) is 0 Å². The van der Waals surface area contributed by atoms with Gasteiger partial charge in [0.25, 0.3) is 15.9 Å². The molecular formula is C23H20N2O5S. The molecule has 5 rings (SSSR count). The van der Waals surface area contributed by atoms with Crippen molar-refractivity contribution in [1.29, 1.82) is 0 Å². The lowest BCUT2D eigenvalue weighted by molar-refractivity contribution is 0.0989. The summed E-state index contributed by atoms with van der Waals surface area (Å²) in [5, 5.41) is 0. The van der Waals surface area contributed by atoms with Gasteiger partial charge in [-0.3, -0.25) is 9.52 Å². The average Bonchev–Trinajstić information content (AvgIpc) is 3.22. The van der Waals surface area contributed by atoms with Gasteiger partial charge in [0.1, 0.15) is 13.2 Å². The molecule has 2 aliphatic heterocycles. The Labute approximate surface area is 180 Å². The summed E-state index contributed by atoms with van der Waals surface area (Å²) in [6.45, 7) is 1.41. The maximum absolute atomic E-state index is 12.9. The van der Waals surface area contributed by atoms with E-state index in [9.17, 15) is 13.2 Å². The van der Waals surface area contributed by atoms with Crippen molar-refractivity contribution >= 4 is 27.3 Å². The Morgan fingerprint density at radius 1 is 0.903 bits per heavy atom. The third kappa shape index (κ3) is 3.70. The molecule has 1 N–H and O–H groups in total. The molecule has 8 heteroatoms. The largest absolute Gasteiger partial charge is 0.486 e. The molecule has 0 saturated carbocycles. The summed E-state index contributed by atoms with van der Waals surface area (Å²) in [5.41, 5.74) is 2.57. The smallest absolute Gasteiger partial charge is 0.261 e. The molecule has 0 bridgehead atoms. The number of ether oxygens (including phenoxy) is 2. The average molecular weight is 436 g/mol. The fourth-order valence-corrected chi connectivity index (χ4v) is 4.91. The van der Waals surface area contributed by atoms with Gasteiger partial charge in [-0.25, -0.2) is 8.42 Å². The van der Waals surface area contributed by atoms with Gasteiger partial charge < -0.3 is 14.4 Å². The molecule has 2 aliphatic rings. The maximum atomic E-state index is 12.9. The normalized spacial score (nSPS) is 14.8. The van der Waals surface area contributed by atoms with Gasteiger partial charge in [-0.15, -0.1) is 0 Å². The summed E-state index contributed by atoms with van der Waals surface area (Å²) in [4.78, 5) is 14.7. The van der Waals surface area contributed by atoms with Crippen LogP contribution in [0.2, 0.25) is 0 Å². The Balaban J connectivity index is 1.39. The van der Waals surface area contributed by atoms with E-state index >= 15 is 0 Å². The van der Waals surface area contributed by atoms with E-state index in [1.54, 1.807) is 47.4 Å². The van der Waals surface area contributed by atoms with E-state index in [0.717, 1.165) is 11.3 Å². The van der Waals surface area contributed by atoms with Crippen LogP contribution in [0.25, 0.3) is 0 Å². The van der Waals surface area contributed by atoms with Crippen molar-refractivity contribution < 1.29 is 22.7 Å². The van der Waals surface area contributed by atoms with E-state index in [4.69, 9.17) is 9.47 Å². The molecule has 31 heavy (non-hydrogen) atoms. The zero-order chi connectivity index (χ0) is 21.4. The second-order valence-electron chi connectivity index (χ2n) is 7.33. The summed E-state index contributed by atoms with van der Waals surface area (Å²) < 4.78 is 39.5. The molecule has 0 unspecified atom stereocenters. The maximum Gasteiger partial charge on any atom is 0.261 e. The van der Waals surface area contributed by atoms with E-state index in [1.807, 2.05) is 18.2 Å². The first-order valence-electron chi connectivity index (χ1n) is 9.94. The standard InChI is InChI=1S/C23H20N2O5S/c26-23(16-4-2-1-3-5-16)25-11-10-17-14-19(7-8-20(17)25)31(27,28)24-18-6-9-21-22(15-18)30-13-12-29-21/h1-9,14-15,24H,10-13H2. The van der Waals surface area contributed by atoms with Crippen molar-refractivity contribution in [2.45, 2.75) is 11.3 Å². The van der Waals surface area contributed by atoms with E-state index in [-0.39, 0.29) is 10.8 Å². The van der Waals surface area contributed by atoms with Crippen LogP contribution >= 0.6 is 0 Å². The number of carbonyl (C=O) groups is 1. The van der Waals surface area contributed by atoms with Crippen LogP contribution in [-0.2, 0) is 16.4 Å². The van der Waals surface area contributed by atoms with E-state index in [1.165, 1.54) is 6.07 Å². The molecule has 3 aromatic rings. The molecule has 0 fully saturated rings. The van der Waals surface area contributed by atoms with Crippen molar-refractivity contribution in [3.05, 3.63) is 77.9 Å². The number of fused-ring (bicyclic) bond motifs is 2. The molecule has 2 heterocycles. The van der Waals surface area contributed by atoms with Gasteiger partial charge in [-0.1, -0.05) is 18.2 Å². The first-order valence-corrected chi connectivity index (χ1v) is 11.4. The Morgan fingerprint density at radius 3 is 2.48 bits per heavy atom. The van der Waals surface area contributed by atoms with Crippen LogP contribution < -0.4 is 19.1 Å². The molecular weight excluding hydrogens is 416 g/mol. The number of nitrogens with zero attached hydrogens (tertiary/aromatic N) is 1.